The van der Waals surface area contributed by atoms with Crippen molar-refractivity contribution >= 4 is 32.7 Å². The van der Waals surface area contributed by atoms with Crippen molar-refractivity contribution in [2.75, 3.05) is 39.7 Å². The molecule has 1 N–H and O–H groups in total. The molecule has 1 aromatic heterocycles. The van der Waals surface area contributed by atoms with Crippen LogP contribution in [0.5, 0.6) is 5.75 Å². The molecule has 260 valence electrons. The number of aromatic nitrogens is 1. The number of sulfonamides is 1. The second kappa shape index (κ2) is 13.5. The number of likely N-dealkylation sites (N-methyl/N-ethyl adjacent to an activating group) is 1. The minimum atomic E-state index is -4.00. The van der Waals surface area contributed by atoms with Gasteiger partial charge in [-0.3, -0.25) is 14.0 Å². The summed E-state index contributed by atoms with van der Waals surface area (Å²) in [6.07, 6.45) is 6.40. The molecule has 1 saturated carbocycles. The Balaban J connectivity index is 1.51. The lowest BCUT2D eigenvalue weighted by atomic mass is 9.81. The third-order valence-electron chi connectivity index (χ3n) is 10.6. The molecule has 3 aromatic rings. The van der Waals surface area contributed by atoms with Crippen LogP contribution in [-0.2, 0) is 21.4 Å². The quantitative estimate of drug-likeness (QED) is 0.266. The number of carbonyl (C=O) groups is 2. The topological polar surface area (TPSA) is 101 Å². The van der Waals surface area contributed by atoms with E-state index in [2.05, 4.69) is 39.1 Å². The van der Waals surface area contributed by atoms with Crippen molar-refractivity contribution in [2.45, 2.75) is 90.3 Å². The Morgan fingerprint density at radius 3 is 2.40 bits per heavy atom. The Bertz CT molecular complexity index is 1800. The molecule has 9 nitrogen and oxygen atoms in total. The second-order valence-corrected chi connectivity index (χ2v) is 16.6. The summed E-state index contributed by atoms with van der Waals surface area (Å²) >= 11 is 0. The van der Waals surface area contributed by atoms with E-state index in [1.165, 1.54) is 12.0 Å². The number of halogens is 1. The number of methoxy groups -OCH3 is 1. The molecule has 11 heteroatoms. The van der Waals surface area contributed by atoms with E-state index in [1.54, 1.807) is 19.2 Å². The van der Waals surface area contributed by atoms with E-state index in [0.717, 1.165) is 78.7 Å². The van der Waals surface area contributed by atoms with Crippen LogP contribution in [0.4, 0.5) is 4.39 Å². The molecule has 2 amide bonds. The van der Waals surface area contributed by atoms with Crippen LogP contribution >= 0.6 is 0 Å². The van der Waals surface area contributed by atoms with Gasteiger partial charge in [0.25, 0.3) is 5.91 Å². The molecule has 2 atom stereocenters. The van der Waals surface area contributed by atoms with E-state index in [0.29, 0.717) is 12.5 Å². The molecular formula is C37H49FN4O5S. The molecule has 2 aliphatic heterocycles. The number of nitrogens with one attached hydrogen (secondary N) is 1. The Kier molecular flexibility index (Phi) is 9.65. The van der Waals surface area contributed by atoms with Gasteiger partial charge in [0.2, 0.25) is 15.9 Å². The summed E-state index contributed by atoms with van der Waals surface area (Å²) < 4.78 is 47.7. The van der Waals surface area contributed by atoms with Crippen molar-refractivity contribution in [3.8, 4) is 17.0 Å². The molecule has 1 aliphatic carbocycles. The fourth-order valence-electron chi connectivity index (χ4n) is 8.27. The highest BCUT2D eigenvalue weighted by molar-refractivity contribution is 7.90. The Morgan fingerprint density at radius 1 is 1.04 bits per heavy atom. The van der Waals surface area contributed by atoms with Gasteiger partial charge in [-0.05, 0) is 101 Å². The lowest BCUT2D eigenvalue weighted by molar-refractivity contribution is -0.163. The van der Waals surface area contributed by atoms with E-state index in [9.17, 15) is 22.4 Å². The molecule has 0 spiro atoms. The first-order valence-corrected chi connectivity index (χ1v) is 18.9. The largest absolute Gasteiger partial charge is 0.497 e. The van der Waals surface area contributed by atoms with Gasteiger partial charge in [-0.1, -0.05) is 25.3 Å². The Hall–Kier alpha value is -3.44. The fourth-order valence-corrected chi connectivity index (χ4v) is 9.26. The maximum Gasteiger partial charge on any atom is 0.264 e. The molecule has 2 unspecified atom stereocenters. The molecule has 2 bridgehead atoms. The molecule has 48 heavy (non-hydrogen) atoms. The van der Waals surface area contributed by atoms with Gasteiger partial charge in [-0.25, -0.2) is 13.1 Å². The maximum atomic E-state index is 14.4. The van der Waals surface area contributed by atoms with E-state index in [-0.39, 0.29) is 30.0 Å². The summed E-state index contributed by atoms with van der Waals surface area (Å²) in [6, 6.07) is 11.9. The number of benzene rings is 2. The number of carbonyl (C=O) groups excluding carboxylic acids is 2. The van der Waals surface area contributed by atoms with Crippen molar-refractivity contribution in [1.82, 2.24) is 19.1 Å². The van der Waals surface area contributed by atoms with Gasteiger partial charge in [0, 0.05) is 53.7 Å². The lowest BCUT2D eigenvalue weighted by Crippen LogP contribution is -2.71. The van der Waals surface area contributed by atoms with Crippen molar-refractivity contribution in [1.29, 1.82) is 0 Å². The van der Waals surface area contributed by atoms with Gasteiger partial charge < -0.3 is 19.1 Å². The van der Waals surface area contributed by atoms with E-state index in [4.69, 9.17) is 4.74 Å². The van der Waals surface area contributed by atoms with Gasteiger partial charge in [-0.15, -0.1) is 0 Å². The summed E-state index contributed by atoms with van der Waals surface area (Å²) in [5.74, 6) is -0.0360. The summed E-state index contributed by atoms with van der Waals surface area (Å²) in [5.41, 5.74) is 4.54. The number of hydrogen-bond acceptors (Lipinski definition) is 6. The number of aryl methyl sites for hydroxylation is 1. The number of nitrogens with zero attached hydrogens (tertiary/aromatic N) is 3. The molecular weight excluding hydrogens is 631 g/mol. The van der Waals surface area contributed by atoms with Gasteiger partial charge in [0.05, 0.1) is 30.6 Å². The average Bonchev–Trinajstić information content (AvgIpc) is 3.35. The fraction of sp³-hybridized carbons (Fsp3) is 0.568. The van der Waals surface area contributed by atoms with Crippen LogP contribution < -0.4 is 9.46 Å². The zero-order valence-corrected chi connectivity index (χ0v) is 29.7. The van der Waals surface area contributed by atoms with Crippen LogP contribution in [0.2, 0.25) is 0 Å². The molecule has 0 radical (unpaired) electrons. The molecule has 2 saturated heterocycles. The predicted octanol–water partition coefficient (Wildman–Crippen LogP) is 6.03. The average molecular weight is 681 g/mol. The number of piperidine rings is 1. The van der Waals surface area contributed by atoms with Gasteiger partial charge in [-0.2, -0.15) is 0 Å². The van der Waals surface area contributed by atoms with Crippen LogP contribution in [0.1, 0.15) is 86.2 Å². The smallest absolute Gasteiger partial charge is 0.264 e. The number of rotatable bonds is 11. The number of hydrogen-bond donors (Lipinski definition) is 1. The standard InChI is InChI=1S/C37H49FN4O5S/c1-24-18-29(47-5)13-15-30(24)34-33(25-10-7-6-8-11-25)31-14-12-26(35(43)39-48(45,46)17-9-16-38)19-32(31)41(34)23-37(2,3)36(44)42-27-20-28(42)22-40(4)21-27/h12-15,18-19,25,27-28H,6-11,16-17,20-23H2,1-5H3,(H,39,43). The first-order chi connectivity index (χ1) is 22.8. The third-order valence-corrected chi connectivity index (χ3v) is 11.9. The Labute approximate surface area is 283 Å². The lowest BCUT2D eigenvalue weighted by Gasteiger charge is -2.57. The van der Waals surface area contributed by atoms with Crippen molar-refractivity contribution in [3.05, 3.63) is 53.1 Å². The number of fused-ring (bicyclic) bond motifs is 3. The summed E-state index contributed by atoms with van der Waals surface area (Å²) in [4.78, 5) is 32.1. The highest BCUT2D eigenvalue weighted by atomic mass is 32.2. The molecule has 3 aliphatic rings. The number of amides is 2. The zero-order valence-electron chi connectivity index (χ0n) is 28.9. The predicted molar refractivity (Wildman–Crippen MR) is 187 cm³/mol. The summed E-state index contributed by atoms with van der Waals surface area (Å²) in [6.45, 7) is 7.44. The first-order valence-electron chi connectivity index (χ1n) is 17.3. The maximum absolute atomic E-state index is 14.4. The minimum Gasteiger partial charge on any atom is -0.497 e. The van der Waals surface area contributed by atoms with Crippen molar-refractivity contribution in [2.24, 2.45) is 5.41 Å². The monoisotopic (exact) mass is 680 g/mol. The third kappa shape index (κ3) is 6.60. The van der Waals surface area contributed by atoms with Crippen LogP contribution in [-0.4, -0.2) is 86.4 Å². The van der Waals surface area contributed by atoms with E-state index >= 15 is 0 Å². The summed E-state index contributed by atoms with van der Waals surface area (Å²) in [5, 5.41) is 1.01. The van der Waals surface area contributed by atoms with Gasteiger partial charge in [0.1, 0.15) is 5.75 Å². The van der Waals surface area contributed by atoms with Gasteiger partial charge in [0.15, 0.2) is 0 Å². The van der Waals surface area contributed by atoms with E-state index < -0.39 is 33.8 Å². The van der Waals surface area contributed by atoms with E-state index in [1.807, 2.05) is 32.0 Å². The number of likely N-dealkylation sites (tertiary alicyclic amines) is 2. The SMILES string of the molecule is COc1ccc(-c2c(C3CCCCC3)c3ccc(C(=O)NS(=O)(=O)CCCF)cc3n2CC(C)(C)C(=O)N2C3CC2CN(C)C3)c(C)c1. The molecule has 3 fully saturated rings. The number of alkyl halides is 1. The highest BCUT2D eigenvalue weighted by Gasteiger charge is 2.50. The minimum absolute atomic E-state index is 0.128. The van der Waals surface area contributed by atoms with Crippen LogP contribution in [0.15, 0.2) is 36.4 Å². The molecule has 2 aromatic carbocycles. The first kappa shape index (κ1) is 34.4. The number of ether oxygens (including phenoxy) is 1. The van der Waals surface area contributed by atoms with Crippen LogP contribution in [0.3, 0.4) is 0 Å². The highest BCUT2D eigenvalue weighted by Crippen LogP contribution is 2.47. The van der Waals surface area contributed by atoms with Gasteiger partial charge >= 0.3 is 0 Å². The van der Waals surface area contributed by atoms with Crippen molar-refractivity contribution in [3.63, 3.8) is 0 Å². The van der Waals surface area contributed by atoms with Crippen LogP contribution in [0.25, 0.3) is 22.2 Å². The zero-order chi connectivity index (χ0) is 34.4. The summed E-state index contributed by atoms with van der Waals surface area (Å²) in [7, 11) is -0.241. The second-order valence-electron chi connectivity index (χ2n) is 14.7. The molecule has 6 rings (SSSR count). The Morgan fingerprint density at radius 2 is 1.75 bits per heavy atom. The molecule has 3 heterocycles. The van der Waals surface area contributed by atoms with Crippen molar-refractivity contribution < 1.29 is 27.1 Å². The number of piperazine rings is 1. The van der Waals surface area contributed by atoms with Crippen LogP contribution in [0, 0.1) is 12.3 Å². The normalized spacial score (nSPS) is 20.5.